The van der Waals surface area contributed by atoms with Gasteiger partial charge in [0.15, 0.2) is 0 Å². The smallest absolute Gasteiger partial charge is 0.149 e. The third kappa shape index (κ3) is 1.96. The first-order valence-corrected chi connectivity index (χ1v) is 6.69. The van der Waals surface area contributed by atoms with Crippen molar-refractivity contribution >= 4 is 28.2 Å². The van der Waals surface area contributed by atoms with Gasteiger partial charge < -0.3 is 5.73 Å². The summed E-state index contributed by atoms with van der Waals surface area (Å²) in [4.78, 5) is 9.35. The lowest BCUT2D eigenvalue weighted by atomic mass is 10.1. The zero-order chi connectivity index (χ0) is 14.3. The fraction of sp³-hybridized carbons (Fsp3) is 0.133. The second-order valence-corrected chi connectivity index (χ2v) is 5.19. The van der Waals surface area contributed by atoms with Crippen LogP contribution in [0.4, 0.5) is 0 Å². The largest absolute Gasteiger partial charge is 0.389 e. The number of thiocarbonyl (C=S) groups is 1. The third-order valence-electron chi connectivity index (χ3n) is 3.25. The molecule has 3 aromatic rings. The Bertz CT molecular complexity index is 820. The van der Waals surface area contributed by atoms with Crippen LogP contribution < -0.4 is 5.73 Å². The maximum atomic E-state index is 5.87. The molecule has 0 saturated heterocycles. The maximum absolute atomic E-state index is 5.87. The average Bonchev–Trinajstić information content (AvgIpc) is 2.80. The molecule has 5 heteroatoms. The lowest BCUT2D eigenvalue weighted by Crippen LogP contribution is -2.17. The van der Waals surface area contributed by atoms with Gasteiger partial charge in [-0.3, -0.25) is 4.57 Å². The highest BCUT2D eigenvalue weighted by Crippen LogP contribution is 2.22. The number of pyridine rings is 1. The average molecular weight is 282 g/mol. The summed E-state index contributed by atoms with van der Waals surface area (Å²) in [6.07, 6.45) is 1.76. The molecule has 0 fully saturated rings. The molecule has 0 radical (unpaired) electrons. The normalized spacial score (nSPS) is 10.9. The van der Waals surface area contributed by atoms with Gasteiger partial charge in [-0.15, -0.1) is 0 Å². The second-order valence-electron chi connectivity index (χ2n) is 4.75. The Morgan fingerprint density at radius 3 is 2.75 bits per heavy atom. The van der Waals surface area contributed by atoms with Gasteiger partial charge in [0.2, 0.25) is 0 Å². The minimum absolute atomic E-state index is 0.350. The van der Waals surface area contributed by atoms with E-state index in [-0.39, 0.29) is 0 Å². The van der Waals surface area contributed by atoms with Crippen molar-refractivity contribution in [2.45, 2.75) is 13.8 Å². The number of hydrogen-bond donors (Lipinski definition) is 1. The van der Waals surface area contributed by atoms with Crippen molar-refractivity contribution in [1.82, 2.24) is 14.5 Å². The number of aromatic nitrogens is 3. The molecule has 0 atom stereocenters. The Morgan fingerprint density at radius 1 is 1.25 bits per heavy atom. The fourth-order valence-electron chi connectivity index (χ4n) is 2.42. The van der Waals surface area contributed by atoms with Gasteiger partial charge in [0.05, 0.1) is 16.6 Å². The van der Waals surface area contributed by atoms with E-state index >= 15 is 0 Å². The van der Waals surface area contributed by atoms with Crippen LogP contribution in [0.1, 0.15) is 16.8 Å². The molecule has 2 heterocycles. The first-order chi connectivity index (χ1) is 9.58. The number of imidazole rings is 1. The molecule has 0 aliphatic heterocycles. The topological polar surface area (TPSA) is 56.7 Å². The summed E-state index contributed by atoms with van der Waals surface area (Å²) in [6.45, 7) is 3.95. The van der Waals surface area contributed by atoms with Gasteiger partial charge in [-0.25, -0.2) is 9.97 Å². The van der Waals surface area contributed by atoms with E-state index in [0.717, 1.165) is 33.7 Å². The Hall–Kier alpha value is -2.27. The molecule has 0 unspecified atom stereocenters. The Balaban J connectivity index is 2.37. The van der Waals surface area contributed by atoms with Gasteiger partial charge in [0.25, 0.3) is 0 Å². The number of benzene rings is 1. The fourth-order valence-corrected chi connectivity index (χ4v) is 2.68. The van der Waals surface area contributed by atoms with E-state index in [4.69, 9.17) is 18.0 Å². The van der Waals surface area contributed by atoms with Gasteiger partial charge in [-0.05, 0) is 37.6 Å². The molecular weight excluding hydrogens is 268 g/mol. The highest BCUT2D eigenvalue weighted by atomic mass is 32.1. The van der Waals surface area contributed by atoms with E-state index in [1.165, 1.54) is 0 Å². The summed E-state index contributed by atoms with van der Waals surface area (Å²) in [5.74, 6) is 0.740. The van der Waals surface area contributed by atoms with Crippen molar-refractivity contribution in [3.8, 4) is 5.82 Å². The van der Waals surface area contributed by atoms with Crippen molar-refractivity contribution in [2.75, 3.05) is 0 Å². The molecule has 0 spiro atoms. The standard InChI is InChI=1S/C15H14N4S/c1-9-7-10(2)18-15(13(9)14(16)20)19-8-17-11-5-3-4-6-12(11)19/h3-8H,1-2H3,(H2,16,20). The van der Waals surface area contributed by atoms with E-state index in [1.807, 2.05) is 48.7 Å². The minimum atomic E-state index is 0.350. The summed E-state index contributed by atoms with van der Waals surface area (Å²) in [5, 5.41) is 0. The maximum Gasteiger partial charge on any atom is 0.149 e. The zero-order valence-electron chi connectivity index (χ0n) is 11.3. The van der Waals surface area contributed by atoms with Gasteiger partial charge in [0.1, 0.15) is 17.1 Å². The van der Waals surface area contributed by atoms with Crippen LogP contribution in [0.25, 0.3) is 16.9 Å². The van der Waals surface area contributed by atoms with Crippen LogP contribution in [0.5, 0.6) is 0 Å². The molecule has 0 aliphatic carbocycles. The molecule has 0 amide bonds. The minimum Gasteiger partial charge on any atom is -0.389 e. The SMILES string of the molecule is Cc1cc(C)c(C(N)=S)c(-n2cnc3ccccc32)n1. The van der Waals surface area contributed by atoms with Crippen LogP contribution in [0.3, 0.4) is 0 Å². The van der Waals surface area contributed by atoms with Crippen LogP contribution in [-0.2, 0) is 0 Å². The monoisotopic (exact) mass is 282 g/mol. The van der Waals surface area contributed by atoms with E-state index in [1.54, 1.807) is 6.33 Å². The number of aryl methyl sites for hydroxylation is 2. The number of rotatable bonds is 2. The van der Waals surface area contributed by atoms with E-state index in [9.17, 15) is 0 Å². The number of fused-ring (bicyclic) bond motifs is 1. The molecule has 100 valence electrons. The Morgan fingerprint density at radius 2 is 2.00 bits per heavy atom. The molecule has 4 nitrogen and oxygen atoms in total. The summed E-state index contributed by atoms with van der Waals surface area (Å²) >= 11 is 5.18. The Kier molecular flexibility index (Phi) is 2.99. The quantitative estimate of drug-likeness (QED) is 0.734. The van der Waals surface area contributed by atoms with Crippen molar-refractivity contribution in [3.63, 3.8) is 0 Å². The van der Waals surface area contributed by atoms with Crippen LogP contribution in [-0.4, -0.2) is 19.5 Å². The highest BCUT2D eigenvalue weighted by molar-refractivity contribution is 7.80. The van der Waals surface area contributed by atoms with Crippen molar-refractivity contribution in [3.05, 3.63) is 53.5 Å². The van der Waals surface area contributed by atoms with Crippen molar-refractivity contribution in [1.29, 1.82) is 0 Å². The summed E-state index contributed by atoms with van der Waals surface area (Å²) < 4.78 is 1.93. The molecule has 1 aromatic carbocycles. The van der Waals surface area contributed by atoms with Gasteiger partial charge in [-0.1, -0.05) is 24.4 Å². The van der Waals surface area contributed by atoms with E-state index in [0.29, 0.717) is 4.99 Å². The lowest BCUT2D eigenvalue weighted by Gasteiger charge is -2.13. The van der Waals surface area contributed by atoms with Crippen LogP contribution >= 0.6 is 12.2 Å². The summed E-state index contributed by atoms with van der Waals surface area (Å²) in [6, 6.07) is 9.89. The van der Waals surface area contributed by atoms with Crippen molar-refractivity contribution in [2.24, 2.45) is 5.73 Å². The molecule has 3 rings (SSSR count). The Labute approximate surface area is 122 Å². The van der Waals surface area contributed by atoms with Gasteiger partial charge >= 0.3 is 0 Å². The molecule has 2 N–H and O–H groups in total. The molecule has 0 bridgehead atoms. The molecule has 0 saturated carbocycles. The summed E-state index contributed by atoms with van der Waals surface area (Å²) in [5.41, 5.74) is 10.5. The number of para-hydroxylation sites is 2. The van der Waals surface area contributed by atoms with Gasteiger partial charge in [-0.2, -0.15) is 0 Å². The molecule has 2 aromatic heterocycles. The zero-order valence-corrected chi connectivity index (χ0v) is 12.1. The van der Waals surface area contributed by atoms with Crippen molar-refractivity contribution < 1.29 is 0 Å². The predicted octanol–water partition coefficient (Wildman–Crippen LogP) is 2.67. The van der Waals surface area contributed by atoms with Crippen LogP contribution in [0, 0.1) is 13.8 Å². The first-order valence-electron chi connectivity index (χ1n) is 6.28. The second kappa shape index (κ2) is 4.68. The number of nitrogens with two attached hydrogens (primary N) is 1. The molecule has 20 heavy (non-hydrogen) atoms. The van der Waals surface area contributed by atoms with E-state index < -0.39 is 0 Å². The lowest BCUT2D eigenvalue weighted by molar-refractivity contribution is 0.989. The first kappa shape index (κ1) is 12.7. The van der Waals surface area contributed by atoms with Crippen LogP contribution in [0.2, 0.25) is 0 Å². The van der Waals surface area contributed by atoms with Crippen LogP contribution in [0.15, 0.2) is 36.7 Å². The molecule has 0 aliphatic rings. The third-order valence-corrected chi connectivity index (χ3v) is 3.46. The number of hydrogen-bond acceptors (Lipinski definition) is 3. The van der Waals surface area contributed by atoms with Gasteiger partial charge in [0, 0.05) is 5.69 Å². The molecular formula is C15H14N4S. The predicted molar refractivity (Wildman–Crippen MR) is 84.2 cm³/mol. The van der Waals surface area contributed by atoms with E-state index in [2.05, 4.69) is 9.97 Å². The summed E-state index contributed by atoms with van der Waals surface area (Å²) in [7, 11) is 0. The highest BCUT2D eigenvalue weighted by Gasteiger charge is 2.15. The number of nitrogens with zero attached hydrogens (tertiary/aromatic N) is 3.